The van der Waals surface area contributed by atoms with E-state index in [-0.39, 0.29) is 29.2 Å². The molecule has 8 heteroatoms. The first-order valence-corrected chi connectivity index (χ1v) is 10.8. The Morgan fingerprint density at radius 1 is 1.14 bits per heavy atom. The number of halogens is 3. The van der Waals surface area contributed by atoms with Gasteiger partial charge in [-0.15, -0.1) is 0 Å². The van der Waals surface area contributed by atoms with Crippen LogP contribution < -0.4 is 4.74 Å². The third-order valence-corrected chi connectivity index (χ3v) is 8.69. The smallest absolute Gasteiger partial charge is 0.188 e. The minimum Gasteiger partial charge on any atom is -0.490 e. The van der Waals surface area contributed by atoms with Crippen LogP contribution in [0.3, 0.4) is 0 Å². The summed E-state index contributed by atoms with van der Waals surface area (Å²) in [7, 11) is -2.63. The monoisotopic (exact) mass is 428 g/mol. The number of ether oxygens (including phenoxy) is 2. The fraction of sp³-hybridized carbons (Fsp3) is 0.400. The predicted molar refractivity (Wildman–Crippen MR) is 100 cm³/mol. The van der Waals surface area contributed by atoms with Gasteiger partial charge in [-0.25, -0.2) is 17.2 Å². The topological polar surface area (TPSA) is 52.6 Å². The summed E-state index contributed by atoms with van der Waals surface area (Å²) in [6.07, 6.45) is 0.817. The van der Waals surface area contributed by atoms with Crippen LogP contribution in [0.2, 0.25) is 5.02 Å². The zero-order valence-electron chi connectivity index (χ0n) is 15.1. The van der Waals surface area contributed by atoms with Crippen molar-refractivity contribution in [2.24, 2.45) is 5.92 Å². The van der Waals surface area contributed by atoms with Crippen LogP contribution in [0.15, 0.2) is 41.3 Å². The van der Waals surface area contributed by atoms with Crippen LogP contribution in [0.25, 0.3) is 0 Å². The zero-order chi connectivity index (χ0) is 20.1. The summed E-state index contributed by atoms with van der Waals surface area (Å²) in [6.45, 7) is -0.0707. The number of sulfone groups is 1. The fourth-order valence-electron chi connectivity index (χ4n) is 4.62. The van der Waals surface area contributed by atoms with Crippen LogP contribution in [0.1, 0.15) is 24.8 Å². The lowest BCUT2D eigenvalue weighted by molar-refractivity contribution is -0.0279. The number of hydrogen-bond donors (Lipinski definition) is 0. The Labute approximate surface area is 167 Å². The maximum Gasteiger partial charge on any atom is 0.188 e. The first kappa shape index (κ1) is 19.6. The SMILES string of the molecule is CO[C@H]1CCC[C@]2(S(=O)(=O)c3ccc(Cl)cc3)c3c(F)ccc(F)c3OCC12. The van der Waals surface area contributed by atoms with Gasteiger partial charge in [0.25, 0.3) is 0 Å². The molecule has 0 bridgehead atoms. The Bertz CT molecular complexity index is 1010. The molecule has 2 aromatic carbocycles. The second-order valence-electron chi connectivity index (χ2n) is 7.16. The highest BCUT2D eigenvalue weighted by Crippen LogP contribution is 2.56. The summed E-state index contributed by atoms with van der Waals surface area (Å²) in [6, 6.07) is 7.64. The predicted octanol–water partition coefficient (Wildman–Crippen LogP) is 4.49. The molecular formula is C20H19ClF2O4S. The Kier molecular flexibility index (Phi) is 4.88. The van der Waals surface area contributed by atoms with E-state index < -0.39 is 38.2 Å². The van der Waals surface area contributed by atoms with Crippen molar-refractivity contribution in [3.8, 4) is 5.75 Å². The zero-order valence-corrected chi connectivity index (χ0v) is 16.7. The third kappa shape index (κ3) is 2.67. The van der Waals surface area contributed by atoms with Crippen molar-refractivity contribution < 1.29 is 26.7 Å². The van der Waals surface area contributed by atoms with Gasteiger partial charge >= 0.3 is 0 Å². The van der Waals surface area contributed by atoms with Crippen LogP contribution in [0, 0.1) is 17.6 Å². The van der Waals surface area contributed by atoms with Crippen molar-refractivity contribution in [1.82, 2.24) is 0 Å². The van der Waals surface area contributed by atoms with Gasteiger partial charge in [0.05, 0.1) is 23.2 Å². The molecular weight excluding hydrogens is 410 g/mol. The normalized spacial score (nSPS) is 26.9. The molecule has 0 saturated heterocycles. The van der Waals surface area contributed by atoms with E-state index in [1.807, 2.05) is 0 Å². The fourth-order valence-corrected chi connectivity index (χ4v) is 7.15. The molecule has 1 unspecified atom stereocenters. The molecule has 150 valence electrons. The molecule has 1 heterocycles. The largest absolute Gasteiger partial charge is 0.490 e. The molecule has 28 heavy (non-hydrogen) atoms. The van der Waals surface area contributed by atoms with Crippen molar-refractivity contribution in [3.63, 3.8) is 0 Å². The second kappa shape index (κ2) is 6.97. The first-order valence-electron chi connectivity index (χ1n) is 8.97. The Hall–Kier alpha value is -1.70. The number of benzene rings is 2. The van der Waals surface area contributed by atoms with E-state index >= 15 is 4.39 Å². The summed E-state index contributed by atoms with van der Waals surface area (Å²) in [5.74, 6) is -2.57. The minimum atomic E-state index is -4.12. The van der Waals surface area contributed by atoms with Gasteiger partial charge in [0.2, 0.25) is 0 Å². The van der Waals surface area contributed by atoms with Crippen LogP contribution in [-0.4, -0.2) is 28.2 Å². The highest BCUT2D eigenvalue weighted by atomic mass is 35.5. The van der Waals surface area contributed by atoms with Crippen molar-refractivity contribution in [2.45, 2.75) is 35.0 Å². The van der Waals surface area contributed by atoms with Crippen LogP contribution in [-0.2, 0) is 19.3 Å². The minimum absolute atomic E-state index is 0.00941. The number of methoxy groups -OCH3 is 1. The summed E-state index contributed by atoms with van der Waals surface area (Å²) < 4.78 is 66.7. The lowest BCUT2D eigenvalue weighted by atomic mass is 9.71. The van der Waals surface area contributed by atoms with Gasteiger partial charge in [-0.05, 0) is 55.7 Å². The molecule has 1 fully saturated rings. The molecule has 1 aliphatic heterocycles. The molecule has 4 nitrogen and oxygen atoms in total. The van der Waals surface area contributed by atoms with Crippen molar-refractivity contribution in [2.75, 3.05) is 13.7 Å². The van der Waals surface area contributed by atoms with E-state index in [1.54, 1.807) is 0 Å². The summed E-state index contributed by atoms with van der Waals surface area (Å²) >= 11 is 5.91. The molecule has 0 radical (unpaired) electrons. The van der Waals surface area contributed by atoms with E-state index in [9.17, 15) is 12.8 Å². The maximum atomic E-state index is 15.0. The highest BCUT2D eigenvalue weighted by molar-refractivity contribution is 7.92. The highest BCUT2D eigenvalue weighted by Gasteiger charge is 2.61. The number of rotatable bonds is 3. The average Bonchev–Trinajstić information content (AvgIpc) is 2.69. The molecule has 0 amide bonds. The van der Waals surface area contributed by atoms with Gasteiger partial charge < -0.3 is 9.47 Å². The summed E-state index contributed by atoms with van der Waals surface area (Å²) in [4.78, 5) is 0.00941. The number of hydrogen-bond acceptors (Lipinski definition) is 4. The van der Waals surface area contributed by atoms with Gasteiger partial charge in [0, 0.05) is 18.1 Å². The molecule has 3 atom stereocenters. The van der Waals surface area contributed by atoms with Crippen LogP contribution in [0.4, 0.5) is 8.78 Å². The van der Waals surface area contributed by atoms with E-state index in [4.69, 9.17) is 21.1 Å². The molecule has 2 aromatic rings. The van der Waals surface area contributed by atoms with E-state index in [1.165, 1.54) is 31.4 Å². The summed E-state index contributed by atoms with van der Waals surface area (Å²) in [5.41, 5.74) is -0.236. The van der Waals surface area contributed by atoms with E-state index in [2.05, 4.69) is 0 Å². The lowest BCUT2D eigenvalue weighted by Gasteiger charge is -2.49. The maximum absolute atomic E-state index is 15.0. The van der Waals surface area contributed by atoms with Crippen LogP contribution >= 0.6 is 11.6 Å². The standard InChI is InChI=1S/C20H19ClF2O4S/c1-26-17-3-2-10-20(28(24,25)13-6-4-12(21)5-7-13)14(17)11-27-19-16(23)9-8-15(22)18(19)20/h4-9,14,17H,2-3,10-11H2,1H3/t14?,17-,20+/m0/s1. The Balaban J connectivity index is 2.04. The Morgan fingerprint density at radius 2 is 1.82 bits per heavy atom. The Morgan fingerprint density at radius 3 is 2.50 bits per heavy atom. The quantitative estimate of drug-likeness (QED) is 0.722. The molecule has 0 aromatic heterocycles. The molecule has 2 aliphatic rings. The molecule has 0 N–H and O–H groups in total. The number of fused-ring (bicyclic) bond motifs is 3. The van der Waals surface area contributed by atoms with Gasteiger partial charge in [-0.3, -0.25) is 0 Å². The van der Waals surface area contributed by atoms with E-state index in [0.717, 1.165) is 12.1 Å². The van der Waals surface area contributed by atoms with Crippen molar-refractivity contribution >= 4 is 21.4 Å². The first-order chi connectivity index (χ1) is 13.3. The summed E-state index contributed by atoms with van der Waals surface area (Å²) in [5, 5.41) is 0.385. The molecule has 1 aliphatic carbocycles. The van der Waals surface area contributed by atoms with Gasteiger partial charge in [0.1, 0.15) is 10.6 Å². The van der Waals surface area contributed by atoms with Crippen molar-refractivity contribution in [3.05, 3.63) is 58.6 Å². The average molecular weight is 429 g/mol. The van der Waals surface area contributed by atoms with Gasteiger partial charge in [-0.1, -0.05) is 11.6 Å². The molecule has 4 rings (SSSR count). The lowest BCUT2D eigenvalue weighted by Crippen LogP contribution is -2.56. The van der Waals surface area contributed by atoms with Gasteiger partial charge in [0.15, 0.2) is 21.4 Å². The van der Waals surface area contributed by atoms with Crippen molar-refractivity contribution in [1.29, 1.82) is 0 Å². The van der Waals surface area contributed by atoms with Crippen LogP contribution in [0.5, 0.6) is 5.75 Å². The third-order valence-electron chi connectivity index (χ3n) is 5.88. The molecule has 0 spiro atoms. The molecule has 1 saturated carbocycles. The van der Waals surface area contributed by atoms with Gasteiger partial charge in [-0.2, -0.15) is 0 Å². The van der Waals surface area contributed by atoms with E-state index in [0.29, 0.717) is 17.9 Å². The second-order valence-corrected chi connectivity index (χ2v) is 9.81.